The van der Waals surface area contributed by atoms with Crippen molar-refractivity contribution in [2.45, 2.75) is 33.1 Å². The maximum Gasteiger partial charge on any atom is 0.353 e. The highest BCUT2D eigenvalue weighted by Crippen LogP contribution is 2.35. The first-order valence-electron chi connectivity index (χ1n) is 7.57. The normalized spacial score (nSPS) is 14.6. The van der Waals surface area contributed by atoms with Gasteiger partial charge in [-0.15, -0.1) is 0 Å². The van der Waals surface area contributed by atoms with E-state index in [0.717, 1.165) is 22.4 Å². The van der Waals surface area contributed by atoms with Crippen molar-refractivity contribution in [3.8, 4) is 17.0 Å². The van der Waals surface area contributed by atoms with Crippen LogP contribution in [0.25, 0.3) is 11.3 Å². The van der Waals surface area contributed by atoms with Crippen LogP contribution in [-0.2, 0) is 0 Å². The third-order valence-electron chi connectivity index (χ3n) is 4.19. The highest BCUT2D eigenvalue weighted by atomic mass is 16.5. The Hall–Kier alpha value is -2.30. The lowest BCUT2D eigenvalue weighted by atomic mass is 9.86. The number of nitrogens with zero attached hydrogens (tertiary/aromatic N) is 1. The second kappa shape index (κ2) is 5.83. The summed E-state index contributed by atoms with van der Waals surface area (Å²) in [7, 11) is 0. The first-order chi connectivity index (χ1) is 10.5. The molecule has 1 heterocycles. The van der Waals surface area contributed by atoms with Crippen LogP contribution in [0.2, 0.25) is 0 Å². The largest absolute Gasteiger partial charge is 0.492 e. The smallest absolute Gasteiger partial charge is 0.353 e. The standard InChI is InChI=1S/C17H20N2O3/c1-10-6-11(2)16(22-9-12-4-3-5-12)13(7-10)14-8-15(17(20)21)19-18-14/h6-8,12H,3-5,9H2,1-2H3,(H,18,19)(H,20,21). The SMILES string of the molecule is Cc1cc(C)c(OCC2CCC2)c(-c2cc(C(=O)O)[nH]n2)c1. The first-order valence-corrected chi connectivity index (χ1v) is 7.57. The van der Waals surface area contributed by atoms with Crippen molar-refractivity contribution in [2.24, 2.45) is 5.92 Å². The Kier molecular flexibility index (Phi) is 3.88. The van der Waals surface area contributed by atoms with Gasteiger partial charge in [0.15, 0.2) is 0 Å². The van der Waals surface area contributed by atoms with Crippen LogP contribution in [0.3, 0.4) is 0 Å². The Bertz CT molecular complexity index is 702. The molecule has 1 fully saturated rings. The number of hydrogen-bond donors (Lipinski definition) is 2. The van der Waals surface area contributed by atoms with Crippen LogP contribution in [0.4, 0.5) is 0 Å². The molecule has 5 heteroatoms. The van der Waals surface area contributed by atoms with Crippen molar-refractivity contribution >= 4 is 5.97 Å². The molecule has 0 atom stereocenters. The van der Waals surface area contributed by atoms with Gasteiger partial charge in [0.25, 0.3) is 0 Å². The average molecular weight is 300 g/mol. The van der Waals surface area contributed by atoms with E-state index < -0.39 is 5.97 Å². The van der Waals surface area contributed by atoms with Crippen LogP contribution < -0.4 is 4.74 Å². The molecular weight excluding hydrogens is 280 g/mol. The summed E-state index contributed by atoms with van der Waals surface area (Å²) in [5.41, 5.74) is 3.69. The predicted molar refractivity (Wildman–Crippen MR) is 83.3 cm³/mol. The lowest BCUT2D eigenvalue weighted by molar-refractivity contribution is 0.0690. The number of aromatic amines is 1. The zero-order valence-electron chi connectivity index (χ0n) is 12.8. The molecule has 0 amide bonds. The summed E-state index contributed by atoms with van der Waals surface area (Å²) in [5.74, 6) is 0.434. The van der Waals surface area contributed by atoms with Gasteiger partial charge in [0.05, 0.1) is 12.3 Å². The van der Waals surface area contributed by atoms with Crippen molar-refractivity contribution in [2.75, 3.05) is 6.61 Å². The summed E-state index contributed by atoms with van der Waals surface area (Å²) in [6.07, 6.45) is 3.74. The van der Waals surface area contributed by atoms with Crippen LogP contribution >= 0.6 is 0 Å². The fraction of sp³-hybridized carbons (Fsp3) is 0.412. The second-order valence-electron chi connectivity index (χ2n) is 6.04. The summed E-state index contributed by atoms with van der Waals surface area (Å²) in [6, 6.07) is 5.61. The highest BCUT2D eigenvalue weighted by Gasteiger charge is 2.20. The van der Waals surface area contributed by atoms with Crippen LogP contribution in [0.5, 0.6) is 5.75 Å². The number of ether oxygens (including phenoxy) is 1. The molecule has 2 N–H and O–H groups in total. The summed E-state index contributed by atoms with van der Waals surface area (Å²) < 4.78 is 6.05. The lowest BCUT2D eigenvalue weighted by Crippen LogP contribution is -2.19. The Morgan fingerprint density at radius 1 is 1.36 bits per heavy atom. The number of benzene rings is 1. The van der Waals surface area contributed by atoms with Gasteiger partial charge >= 0.3 is 5.97 Å². The third kappa shape index (κ3) is 2.84. The molecule has 1 aromatic carbocycles. The van der Waals surface area contributed by atoms with E-state index >= 15 is 0 Å². The van der Waals surface area contributed by atoms with Crippen molar-refractivity contribution in [1.82, 2.24) is 10.2 Å². The van der Waals surface area contributed by atoms with E-state index in [1.54, 1.807) is 6.07 Å². The average Bonchev–Trinajstić information content (AvgIpc) is 2.88. The minimum atomic E-state index is -1.01. The van der Waals surface area contributed by atoms with Crippen LogP contribution in [0.1, 0.15) is 40.9 Å². The quantitative estimate of drug-likeness (QED) is 0.885. The summed E-state index contributed by atoms with van der Waals surface area (Å²) in [5, 5.41) is 15.7. The van der Waals surface area contributed by atoms with Crippen molar-refractivity contribution in [3.63, 3.8) is 0 Å². The second-order valence-corrected chi connectivity index (χ2v) is 6.04. The molecule has 1 aliphatic carbocycles. The van der Waals surface area contributed by atoms with Crippen molar-refractivity contribution in [1.29, 1.82) is 0 Å². The molecule has 0 spiro atoms. The van der Waals surface area contributed by atoms with Gasteiger partial charge in [-0.25, -0.2) is 4.79 Å². The number of nitrogens with one attached hydrogen (secondary N) is 1. The van der Waals surface area contributed by atoms with Gasteiger partial charge in [0, 0.05) is 5.56 Å². The van der Waals surface area contributed by atoms with E-state index in [1.807, 2.05) is 19.9 Å². The Balaban J connectivity index is 1.94. The highest BCUT2D eigenvalue weighted by molar-refractivity contribution is 5.87. The van der Waals surface area contributed by atoms with Gasteiger partial charge in [0.2, 0.25) is 0 Å². The molecule has 22 heavy (non-hydrogen) atoms. The summed E-state index contributed by atoms with van der Waals surface area (Å²) in [4.78, 5) is 11.0. The van der Waals surface area contributed by atoms with Gasteiger partial charge in [-0.3, -0.25) is 5.10 Å². The van der Waals surface area contributed by atoms with Gasteiger partial charge < -0.3 is 9.84 Å². The molecular formula is C17H20N2O3. The summed E-state index contributed by atoms with van der Waals surface area (Å²) in [6.45, 7) is 4.74. The van der Waals surface area contributed by atoms with Gasteiger partial charge in [-0.1, -0.05) is 12.5 Å². The van der Waals surface area contributed by atoms with E-state index in [9.17, 15) is 4.79 Å². The fourth-order valence-electron chi connectivity index (χ4n) is 2.77. The maximum atomic E-state index is 11.0. The molecule has 5 nitrogen and oxygen atoms in total. The maximum absolute atomic E-state index is 11.0. The Labute approximate surface area is 129 Å². The van der Waals surface area contributed by atoms with E-state index in [2.05, 4.69) is 16.3 Å². The van der Waals surface area contributed by atoms with Gasteiger partial charge in [-0.05, 0) is 55.9 Å². The number of rotatable bonds is 5. The molecule has 0 saturated heterocycles. The topological polar surface area (TPSA) is 75.2 Å². The molecule has 1 saturated carbocycles. The van der Waals surface area contributed by atoms with Crippen LogP contribution in [0.15, 0.2) is 18.2 Å². The predicted octanol–water partition coefficient (Wildman–Crippen LogP) is 3.57. The monoisotopic (exact) mass is 300 g/mol. The molecule has 0 aliphatic heterocycles. The summed E-state index contributed by atoms with van der Waals surface area (Å²) >= 11 is 0. The number of carboxylic acids is 1. The van der Waals surface area contributed by atoms with E-state index in [1.165, 1.54) is 19.3 Å². The molecule has 2 aromatic rings. The molecule has 116 valence electrons. The molecule has 0 bridgehead atoms. The molecule has 0 radical (unpaired) electrons. The number of carbonyl (C=O) groups is 1. The number of carboxylic acid groups (broad SMARTS) is 1. The number of H-pyrrole nitrogens is 1. The number of aromatic carboxylic acids is 1. The lowest BCUT2D eigenvalue weighted by Gasteiger charge is -2.26. The van der Waals surface area contributed by atoms with E-state index in [4.69, 9.17) is 9.84 Å². The van der Waals surface area contributed by atoms with Gasteiger partial charge in [0.1, 0.15) is 11.4 Å². The number of aryl methyl sites for hydroxylation is 2. The van der Waals surface area contributed by atoms with E-state index in [0.29, 0.717) is 18.2 Å². The number of aromatic nitrogens is 2. The third-order valence-corrected chi connectivity index (χ3v) is 4.19. The molecule has 0 unspecified atom stereocenters. The van der Waals surface area contributed by atoms with Crippen molar-refractivity contribution in [3.05, 3.63) is 35.0 Å². The van der Waals surface area contributed by atoms with Gasteiger partial charge in [-0.2, -0.15) is 5.10 Å². The van der Waals surface area contributed by atoms with E-state index in [-0.39, 0.29) is 5.69 Å². The Morgan fingerprint density at radius 3 is 2.73 bits per heavy atom. The zero-order chi connectivity index (χ0) is 15.7. The minimum absolute atomic E-state index is 0.0825. The zero-order valence-corrected chi connectivity index (χ0v) is 12.8. The van der Waals surface area contributed by atoms with Crippen molar-refractivity contribution < 1.29 is 14.6 Å². The molecule has 1 aliphatic rings. The van der Waals surface area contributed by atoms with Crippen LogP contribution in [0, 0.1) is 19.8 Å². The molecule has 1 aromatic heterocycles. The van der Waals surface area contributed by atoms with Crippen LogP contribution in [-0.4, -0.2) is 27.9 Å². The number of hydrogen-bond acceptors (Lipinski definition) is 3. The minimum Gasteiger partial charge on any atom is -0.492 e. The Morgan fingerprint density at radius 2 is 2.14 bits per heavy atom. The fourth-order valence-corrected chi connectivity index (χ4v) is 2.77. The molecule has 3 rings (SSSR count). The first kappa shape index (κ1) is 14.6.